The standard InChI is InChI=1S/C35H57NO3Si/c1-11-12-13-14-20-34(5,6)25-22-29-31(30(23-25)39-40(9,10)33(2,3)4)27-21-24(32(37)36-26-16-15-17-26)18-19-28(27)35(7,8)38-29/h18,22-23,26-28H,11-17,19-21H2,1-10H3,(H,36,37)/q-1/t27-,28-/m1/s1. The second kappa shape index (κ2) is 11.5. The van der Waals surface area contributed by atoms with E-state index in [0.717, 1.165) is 49.2 Å². The number of carbonyl (C=O) groups is 1. The molecule has 2 aliphatic carbocycles. The number of unbranched alkanes of at least 4 members (excludes halogenated alkanes) is 3. The van der Waals surface area contributed by atoms with Crippen molar-refractivity contribution in [1.29, 1.82) is 0 Å². The summed E-state index contributed by atoms with van der Waals surface area (Å²) >= 11 is 0. The summed E-state index contributed by atoms with van der Waals surface area (Å²) < 4.78 is 14.1. The van der Waals surface area contributed by atoms with E-state index in [4.69, 9.17) is 9.16 Å². The van der Waals surface area contributed by atoms with Crippen molar-refractivity contribution in [3.63, 3.8) is 0 Å². The summed E-state index contributed by atoms with van der Waals surface area (Å²) in [6.45, 7) is 23.1. The molecule has 1 heterocycles. The Balaban J connectivity index is 1.76. The molecule has 0 saturated heterocycles. The highest BCUT2D eigenvalue weighted by Crippen LogP contribution is 2.56. The Hall–Kier alpha value is -1.75. The van der Waals surface area contributed by atoms with Crippen LogP contribution in [0.15, 0.2) is 23.8 Å². The van der Waals surface area contributed by atoms with Gasteiger partial charge < -0.3 is 14.5 Å². The highest BCUT2D eigenvalue weighted by atomic mass is 28.4. The highest BCUT2D eigenvalue weighted by molar-refractivity contribution is 6.74. The van der Waals surface area contributed by atoms with E-state index >= 15 is 0 Å². The summed E-state index contributed by atoms with van der Waals surface area (Å²) in [5.74, 6) is 2.61. The number of fused-ring (bicyclic) bond motifs is 3. The van der Waals surface area contributed by atoms with Crippen molar-refractivity contribution in [1.82, 2.24) is 5.32 Å². The van der Waals surface area contributed by atoms with Gasteiger partial charge >= 0.3 is 0 Å². The molecule has 2 atom stereocenters. The number of ether oxygens (including phenoxy) is 1. The van der Waals surface area contributed by atoms with Crippen molar-refractivity contribution in [2.75, 3.05) is 0 Å². The first-order valence-electron chi connectivity index (χ1n) is 16.1. The van der Waals surface area contributed by atoms with Gasteiger partial charge in [0.1, 0.15) is 11.4 Å². The molecule has 1 aliphatic heterocycles. The lowest BCUT2D eigenvalue weighted by atomic mass is 9.66. The minimum Gasteiger partial charge on any atom is -0.689 e. The van der Waals surface area contributed by atoms with Crippen LogP contribution < -0.4 is 14.5 Å². The molecule has 1 fully saturated rings. The second-order valence-corrected chi connectivity index (χ2v) is 20.4. The summed E-state index contributed by atoms with van der Waals surface area (Å²) in [5, 5.41) is 3.38. The predicted molar refractivity (Wildman–Crippen MR) is 170 cm³/mol. The van der Waals surface area contributed by atoms with Crippen molar-refractivity contribution in [2.24, 2.45) is 5.92 Å². The molecule has 4 rings (SSSR count). The van der Waals surface area contributed by atoms with Gasteiger partial charge in [-0.2, -0.15) is 0 Å². The van der Waals surface area contributed by atoms with Gasteiger partial charge in [-0.25, -0.2) is 0 Å². The summed E-state index contributed by atoms with van der Waals surface area (Å²) in [5.41, 5.74) is 3.15. The molecule has 1 aromatic carbocycles. The molecule has 0 radical (unpaired) electrons. The molecule has 1 saturated carbocycles. The van der Waals surface area contributed by atoms with Gasteiger partial charge in [-0.15, -0.1) is 18.1 Å². The summed E-state index contributed by atoms with van der Waals surface area (Å²) in [7, 11) is -2.12. The smallest absolute Gasteiger partial charge is 0.247 e. The Bertz CT molecular complexity index is 1110. The predicted octanol–water partition coefficient (Wildman–Crippen LogP) is 9.58. The molecule has 0 aromatic heterocycles. The van der Waals surface area contributed by atoms with Gasteiger partial charge in [0.15, 0.2) is 0 Å². The average Bonchev–Trinajstić information content (AvgIpc) is 2.82. The van der Waals surface area contributed by atoms with Crippen molar-refractivity contribution < 1.29 is 14.0 Å². The summed E-state index contributed by atoms with van der Waals surface area (Å²) in [4.78, 5) is 13.3. The van der Waals surface area contributed by atoms with Gasteiger partial charge in [0.05, 0.1) is 5.75 Å². The molecule has 1 amide bonds. The number of rotatable bonds is 10. The number of amides is 1. The Morgan fingerprint density at radius 2 is 1.80 bits per heavy atom. The zero-order chi connectivity index (χ0) is 29.5. The Kier molecular flexibility index (Phi) is 8.96. The molecule has 4 nitrogen and oxygen atoms in total. The molecule has 0 spiro atoms. The number of hydrogen-bond acceptors (Lipinski definition) is 3. The first-order valence-corrected chi connectivity index (χ1v) is 19.0. The average molecular weight is 568 g/mol. The molecule has 0 unspecified atom stereocenters. The van der Waals surface area contributed by atoms with E-state index in [1.807, 2.05) is 0 Å². The van der Waals surface area contributed by atoms with Gasteiger partial charge in [0.25, 0.3) is 0 Å². The zero-order valence-electron chi connectivity index (χ0n) is 27.3. The fourth-order valence-corrected chi connectivity index (χ4v) is 7.46. The third kappa shape index (κ3) is 6.50. The third-order valence-electron chi connectivity index (χ3n) is 10.6. The van der Waals surface area contributed by atoms with Crippen LogP contribution in [0.3, 0.4) is 0 Å². The zero-order valence-corrected chi connectivity index (χ0v) is 28.3. The second-order valence-electron chi connectivity index (χ2n) is 15.6. The van der Waals surface area contributed by atoms with Crippen LogP contribution in [-0.2, 0) is 10.2 Å². The van der Waals surface area contributed by atoms with Gasteiger partial charge in [-0.1, -0.05) is 73.3 Å². The first-order chi connectivity index (χ1) is 18.6. The molecule has 5 heteroatoms. The Morgan fingerprint density at radius 3 is 2.40 bits per heavy atom. The lowest BCUT2D eigenvalue weighted by molar-refractivity contribution is -0.119. The molecule has 0 bridgehead atoms. The van der Waals surface area contributed by atoms with E-state index in [9.17, 15) is 4.79 Å². The molecule has 1 N–H and O–H groups in total. The molecule has 3 aliphatic rings. The van der Waals surface area contributed by atoms with Crippen LogP contribution in [0, 0.1) is 5.92 Å². The van der Waals surface area contributed by atoms with Crippen LogP contribution in [0.4, 0.5) is 0 Å². The Morgan fingerprint density at radius 1 is 1.10 bits per heavy atom. The van der Waals surface area contributed by atoms with Gasteiger partial charge in [-0.05, 0) is 75.5 Å². The number of hydrogen-bond donors (Lipinski definition) is 1. The maximum atomic E-state index is 13.3. The fourth-order valence-electron chi connectivity index (χ4n) is 6.43. The van der Waals surface area contributed by atoms with Crippen LogP contribution in [0.25, 0.3) is 0 Å². The minimum atomic E-state index is -2.12. The normalized spacial score (nSPS) is 22.8. The van der Waals surface area contributed by atoms with Gasteiger partial charge in [0, 0.05) is 37.3 Å². The van der Waals surface area contributed by atoms with Crippen molar-refractivity contribution in [2.45, 2.75) is 161 Å². The van der Waals surface area contributed by atoms with Crippen LogP contribution in [0.1, 0.15) is 137 Å². The van der Waals surface area contributed by atoms with Crippen molar-refractivity contribution in [3.05, 3.63) is 34.9 Å². The number of benzene rings is 1. The largest absolute Gasteiger partial charge is 0.689 e. The summed E-state index contributed by atoms with van der Waals surface area (Å²) in [6.07, 6.45) is 13.4. The summed E-state index contributed by atoms with van der Waals surface area (Å²) in [6, 6.07) is 5.02. The SMILES string of the molecule is CCCCCCC(C)(C)c1cc2c(c(O[Si-](C)(C)C(C)(C)C)c1)[C@@H]1CC(C(=O)NC3CCC3)=CC[C@H]1C(C)(C)O2. The van der Waals surface area contributed by atoms with Crippen LogP contribution in [0.5, 0.6) is 11.5 Å². The molecular weight excluding hydrogens is 510 g/mol. The Labute approximate surface area is 246 Å². The van der Waals surface area contributed by atoms with Gasteiger partial charge in [0.2, 0.25) is 5.91 Å². The highest BCUT2D eigenvalue weighted by Gasteiger charge is 2.47. The minimum absolute atomic E-state index is 0.0267. The lowest BCUT2D eigenvalue weighted by Crippen LogP contribution is -2.48. The monoisotopic (exact) mass is 567 g/mol. The number of allylic oxidation sites excluding steroid dienone is 1. The maximum absolute atomic E-state index is 13.3. The maximum Gasteiger partial charge on any atom is 0.247 e. The lowest BCUT2D eigenvalue weighted by Gasteiger charge is -2.52. The van der Waals surface area contributed by atoms with E-state index in [-0.39, 0.29) is 27.9 Å². The fraction of sp³-hybridized carbons (Fsp3) is 0.743. The van der Waals surface area contributed by atoms with E-state index < -0.39 is 8.32 Å². The molecular formula is C35H57NO3Si-. The molecule has 1 aromatic rings. The van der Waals surface area contributed by atoms with Crippen LogP contribution in [0.2, 0.25) is 18.1 Å². The molecule has 225 valence electrons. The number of carbonyl (C=O) groups excluding carboxylic acids is 1. The van der Waals surface area contributed by atoms with Crippen LogP contribution in [-0.4, -0.2) is 25.9 Å². The molecule has 40 heavy (non-hydrogen) atoms. The van der Waals surface area contributed by atoms with E-state index in [2.05, 4.69) is 92.0 Å². The quantitative estimate of drug-likeness (QED) is 0.226. The topological polar surface area (TPSA) is 47.6 Å². The third-order valence-corrected chi connectivity index (χ3v) is 15.0. The van der Waals surface area contributed by atoms with E-state index in [1.165, 1.54) is 43.2 Å². The van der Waals surface area contributed by atoms with Crippen molar-refractivity contribution in [3.8, 4) is 11.5 Å². The number of nitrogens with one attached hydrogen (secondary N) is 1. The van der Waals surface area contributed by atoms with E-state index in [0.29, 0.717) is 12.0 Å². The first kappa shape index (κ1) is 31.2. The van der Waals surface area contributed by atoms with E-state index in [1.54, 1.807) is 0 Å². The van der Waals surface area contributed by atoms with Crippen LogP contribution >= 0.6 is 0 Å². The van der Waals surface area contributed by atoms with Crippen molar-refractivity contribution >= 4 is 14.2 Å². The van der Waals surface area contributed by atoms with Gasteiger partial charge in [-0.3, -0.25) is 4.79 Å².